The van der Waals surface area contributed by atoms with Crippen molar-refractivity contribution in [3.63, 3.8) is 0 Å². The Hall–Kier alpha value is -2.35. The van der Waals surface area contributed by atoms with Gasteiger partial charge in [-0.05, 0) is 42.7 Å². The zero-order valence-corrected chi connectivity index (χ0v) is 18.2. The van der Waals surface area contributed by atoms with E-state index in [4.69, 9.17) is 4.74 Å². The van der Waals surface area contributed by atoms with Gasteiger partial charge >= 0.3 is 0 Å². The van der Waals surface area contributed by atoms with Crippen molar-refractivity contribution in [1.82, 2.24) is 20.1 Å². The zero-order chi connectivity index (χ0) is 20.5. The summed E-state index contributed by atoms with van der Waals surface area (Å²) in [4.78, 5) is 2.10. The van der Waals surface area contributed by atoms with Crippen LogP contribution in [0.5, 0.6) is 0 Å². The molecule has 2 heterocycles. The van der Waals surface area contributed by atoms with E-state index < -0.39 is 0 Å². The summed E-state index contributed by atoms with van der Waals surface area (Å²) in [6.45, 7) is 0.835. The summed E-state index contributed by atoms with van der Waals surface area (Å²) in [6.07, 6.45) is 2.50. The van der Waals surface area contributed by atoms with Crippen molar-refractivity contribution in [2.75, 3.05) is 31.3 Å². The lowest BCUT2D eigenvalue weighted by Gasteiger charge is -2.16. The van der Waals surface area contributed by atoms with E-state index in [2.05, 4.69) is 87.6 Å². The van der Waals surface area contributed by atoms with Crippen molar-refractivity contribution in [3.8, 4) is 5.69 Å². The van der Waals surface area contributed by atoms with Gasteiger partial charge in [0.15, 0.2) is 5.16 Å². The molecule has 5 rings (SSSR count). The van der Waals surface area contributed by atoms with E-state index in [1.54, 1.807) is 11.8 Å². The molecule has 1 aliphatic carbocycles. The molecule has 0 unspecified atom stereocenters. The van der Waals surface area contributed by atoms with Crippen LogP contribution in [0.2, 0.25) is 0 Å². The number of aromatic nitrogens is 3. The van der Waals surface area contributed by atoms with Crippen LogP contribution in [0.1, 0.15) is 36.4 Å². The third kappa shape index (κ3) is 4.10. The molecule has 0 spiro atoms. The Morgan fingerprint density at radius 2 is 1.83 bits per heavy atom. The van der Waals surface area contributed by atoms with E-state index in [0.717, 1.165) is 34.5 Å². The monoisotopic (exact) mass is 421 g/mol. The molecular formula is C23H27N5OS. The number of para-hydroxylation sites is 1. The van der Waals surface area contributed by atoms with Crippen LogP contribution in [0.3, 0.4) is 0 Å². The van der Waals surface area contributed by atoms with Crippen molar-refractivity contribution in [2.45, 2.75) is 36.2 Å². The first-order chi connectivity index (χ1) is 14.7. The number of thioether (sulfide) groups is 1. The van der Waals surface area contributed by atoms with Gasteiger partial charge in [0.1, 0.15) is 12.1 Å². The Labute approximate surface area is 181 Å². The Morgan fingerprint density at radius 1 is 1.07 bits per heavy atom. The van der Waals surface area contributed by atoms with Crippen LogP contribution in [0, 0.1) is 0 Å². The third-order valence-corrected chi connectivity index (χ3v) is 6.65. The minimum absolute atomic E-state index is 0.0548. The smallest absolute Gasteiger partial charge is 0.195 e. The summed E-state index contributed by atoms with van der Waals surface area (Å²) >= 11 is 1.73. The van der Waals surface area contributed by atoms with Gasteiger partial charge in [0, 0.05) is 43.7 Å². The number of benzene rings is 2. The van der Waals surface area contributed by atoms with Gasteiger partial charge in [-0.1, -0.05) is 42.1 Å². The van der Waals surface area contributed by atoms with E-state index in [1.807, 2.05) is 6.07 Å². The van der Waals surface area contributed by atoms with Crippen LogP contribution < -0.4 is 10.2 Å². The second-order valence-electron chi connectivity index (χ2n) is 8.13. The molecule has 2 fully saturated rings. The summed E-state index contributed by atoms with van der Waals surface area (Å²) in [6, 6.07) is 19.0. The molecule has 1 saturated heterocycles. The fourth-order valence-electron chi connectivity index (χ4n) is 3.74. The first kappa shape index (κ1) is 19.6. The highest BCUT2D eigenvalue weighted by molar-refractivity contribution is 7.99. The summed E-state index contributed by atoms with van der Waals surface area (Å²) in [7, 11) is 4.10. The lowest BCUT2D eigenvalue weighted by molar-refractivity contribution is 0.0534. The molecule has 156 valence electrons. The second-order valence-corrected chi connectivity index (χ2v) is 9.12. The first-order valence-corrected chi connectivity index (χ1v) is 11.5. The Balaban J connectivity index is 1.25. The van der Waals surface area contributed by atoms with Gasteiger partial charge in [-0.15, -0.1) is 10.2 Å². The summed E-state index contributed by atoms with van der Waals surface area (Å²) in [5.74, 6) is 2.48. The summed E-state index contributed by atoms with van der Waals surface area (Å²) in [5, 5.41) is 13.5. The number of rotatable bonds is 7. The molecule has 30 heavy (non-hydrogen) atoms. The quantitative estimate of drug-likeness (QED) is 0.582. The van der Waals surface area contributed by atoms with Gasteiger partial charge in [0.05, 0.1) is 6.10 Å². The van der Waals surface area contributed by atoms with Crippen LogP contribution in [0.15, 0.2) is 59.8 Å². The zero-order valence-electron chi connectivity index (χ0n) is 17.4. The minimum atomic E-state index is -0.0548. The lowest BCUT2D eigenvalue weighted by atomic mass is 10.2. The van der Waals surface area contributed by atoms with E-state index in [1.165, 1.54) is 18.5 Å². The van der Waals surface area contributed by atoms with E-state index in [9.17, 15) is 0 Å². The topological polar surface area (TPSA) is 55.2 Å². The van der Waals surface area contributed by atoms with Crippen LogP contribution in [0.4, 0.5) is 5.69 Å². The average molecular weight is 422 g/mol. The Morgan fingerprint density at radius 3 is 2.53 bits per heavy atom. The molecule has 0 bridgehead atoms. The fourth-order valence-corrected chi connectivity index (χ4v) is 4.69. The van der Waals surface area contributed by atoms with Crippen LogP contribution in [-0.4, -0.2) is 47.3 Å². The van der Waals surface area contributed by atoms with Gasteiger partial charge in [-0.25, -0.2) is 0 Å². The molecule has 6 nitrogen and oxygen atoms in total. The summed E-state index contributed by atoms with van der Waals surface area (Å²) in [5.41, 5.74) is 3.49. The number of nitrogens with zero attached hydrogens (tertiary/aromatic N) is 4. The molecule has 3 aromatic rings. The highest BCUT2D eigenvalue weighted by atomic mass is 32.2. The normalized spacial score (nSPS) is 21.1. The maximum atomic E-state index is 6.28. The number of hydrogen-bond acceptors (Lipinski definition) is 6. The third-order valence-electron chi connectivity index (χ3n) is 5.59. The predicted octanol–water partition coefficient (Wildman–Crippen LogP) is 3.99. The highest BCUT2D eigenvalue weighted by Crippen LogP contribution is 2.41. The molecule has 2 aromatic carbocycles. The van der Waals surface area contributed by atoms with Crippen molar-refractivity contribution in [2.24, 2.45) is 0 Å². The van der Waals surface area contributed by atoms with Gasteiger partial charge < -0.3 is 9.64 Å². The van der Waals surface area contributed by atoms with Crippen molar-refractivity contribution in [1.29, 1.82) is 0 Å². The average Bonchev–Trinajstić information content (AvgIpc) is 3.36. The molecule has 0 amide bonds. The molecule has 1 N–H and O–H groups in total. The highest BCUT2D eigenvalue weighted by Gasteiger charge is 2.32. The lowest BCUT2D eigenvalue weighted by Crippen LogP contribution is -2.17. The number of anilines is 1. The van der Waals surface area contributed by atoms with Crippen molar-refractivity contribution >= 4 is 17.4 Å². The van der Waals surface area contributed by atoms with E-state index in [0.29, 0.717) is 5.92 Å². The van der Waals surface area contributed by atoms with E-state index >= 15 is 0 Å². The second kappa shape index (κ2) is 8.41. The predicted molar refractivity (Wildman–Crippen MR) is 120 cm³/mol. The van der Waals surface area contributed by atoms with Crippen molar-refractivity contribution < 1.29 is 4.74 Å². The molecule has 2 atom stereocenters. The SMILES string of the molecule is CN(C)c1ccc([C@H]2NC[C@H](CSc3nnc(C4CC4)n3-c3ccccc3)O2)cc1. The molecule has 2 aliphatic rings. The van der Waals surface area contributed by atoms with Crippen LogP contribution in [-0.2, 0) is 4.74 Å². The maximum absolute atomic E-state index is 6.28. The number of nitrogens with one attached hydrogen (secondary N) is 1. The first-order valence-electron chi connectivity index (χ1n) is 10.5. The van der Waals surface area contributed by atoms with Gasteiger partial charge in [-0.2, -0.15) is 0 Å². The molecule has 1 aliphatic heterocycles. The number of hydrogen-bond donors (Lipinski definition) is 1. The van der Waals surface area contributed by atoms with Gasteiger partial charge in [0.25, 0.3) is 0 Å². The molecule has 0 radical (unpaired) electrons. The largest absolute Gasteiger partial charge is 0.378 e. The Bertz CT molecular complexity index is 985. The minimum Gasteiger partial charge on any atom is -0.378 e. The number of ether oxygens (including phenoxy) is 1. The Kier molecular flexibility index (Phi) is 5.50. The molecule has 1 saturated carbocycles. The van der Waals surface area contributed by atoms with Crippen LogP contribution >= 0.6 is 11.8 Å². The van der Waals surface area contributed by atoms with Crippen molar-refractivity contribution in [3.05, 3.63) is 66.0 Å². The molecule has 1 aromatic heterocycles. The van der Waals surface area contributed by atoms with E-state index in [-0.39, 0.29) is 12.3 Å². The molecular weight excluding hydrogens is 394 g/mol. The van der Waals surface area contributed by atoms with Crippen LogP contribution in [0.25, 0.3) is 5.69 Å². The fraction of sp³-hybridized carbons (Fsp3) is 0.391. The van der Waals surface area contributed by atoms with Gasteiger partial charge in [-0.3, -0.25) is 9.88 Å². The molecule has 7 heteroatoms. The maximum Gasteiger partial charge on any atom is 0.195 e. The van der Waals surface area contributed by atoms with Gasteiger partial charge in [0.2, 0.25) is 0 Å². The summed E-state index contributed by atoms with van der Waals surface area (Å²) < 4.78 is 8.50. The standard InChI is InChI=1S/C23H27N5OS/c1-27(2)18-12-10-17(11-13-18)22-24-14-20(29-22)15-30-23-26-25-21(16-8-9-16)28(23)19-6-4-3-5-7-19/h3-7,10-13,16,20,22,24H,8-9,14-15H2,1-2H3/t20-,22+/m1/s1.